The zero-order chi connectivity index (χ0) is 13.5. The first-order valence-corrected chi connectivity index (χ1v) is 6.99. The van der Waals surface area contributed by atoms with Crippen LogP contribution in [0.2, 0.25) is 0 Å². The maximum Gasteiger partial charge on any atom is 0.0679 e. The van der Waals surface area contributed by atoms with Gasteiger partial charge in [0.25, 0.3) is 0 Å². The predicted octanol–water partition coefficient (Wildman–Crippen LogP) is -0.0911. The van der Waals surface area contributed by atoms with Crippen LogP contribution in [0.1, 0.15) is 12.0 Å². The summed E-state index contributed by atoms with van der Waals surface area (Å²) in [5.41, 5.74) is 6.71. The topological polar surface area (TPSA) is 65.6 Å². The van der Waals surface area contributed by atoms with Crippen LogP contribution in [0.5, 0.6) is 0 Å². The first kappa shape index (κ1) is 14.4. The molecule has 0 radical (unpaired) electrons. The standard InChI is InChI=1S/C14H24N4O/c15-4-3-14(19)12-18-8-6-17(7-9-18)11-13-2-1-5-16-10-13/h1-2,5,10,14,19H,3-4,6-9,11-12,15H2. The second kappa shape index (κ2) is 7.55. The van der Waals surface area contributed by atoms with E-state index in [4.69, 9.17) is 5.73 Å². The fraction of sp³-hybridized carbons (Fsp3) is 0.643. The molecule has 0 aromatic carbocycles. The Balaban J connectivity index is 1.70. The number of nitrogens with two attached hydrogens (primary N) is 1. The van der Waals surface area contributed by atoms with Crippen LogP contribution in [0.3, 0.4) is 0 Å². The molecule has 3 N–H and O–H groups in total. The summed E-state index contributed by atoms with van der Waals surface area (Å²) in [6.45, 7) is 6.39. The highest BCUT2D eigenvalue weighted by atomic mass is 16.3. The van der Waals surface area contributed by atoms with Gasteiger partial charge in [-0.25, -0.2) is 0 Å². The molecule has 106 valence electrons. The lowest BCUT2D eigenvalue weighted by molar-refractivity contribution is 0.0675. The molecular weight excluding hydrogens is 240 g/mol. The van der Waals surface area contributed by atoms with E-state index in [1.807, 2.05) is 12.3 Å². The number of β-amino-alcohol motifs (C(OH)–C–C–N with tert-alkyl or cyclic N) is 1. The van der Waals surface area contributed by atoms with Crippen molar-refractivity contribution in [2.45, 2.75) is 19.1 Å². The van der Waals surface area contributed by atoms with E-state index in [2.05, 4.69) is 20.9 Å². The molecule has 19 heavy (non-hydrogen) atoms. The molecule has 0 aliphatic carbocycles. The van der Waals surface area contributed by atoms with Crippen LogP contribution in [0, 0.1) is 0 Å². The largest absolute Gasteiger partial charge is 0.392 e. The zero-order valence-electron chi connectivity index (χ0n) is 11.4. The van der Waals surface area contributed by atoms with Gasteiger partial charge < -0.3 is 10.8 Å². The Kier molecular flexibility index (Phi) is 5.72. The molecule has 0 spiro atoms. The zero-order valence-corrected chi connectivity index (χ0v) is 11.4. The summed E-state index contributed by atoms with van der Waals surface area (Å²) >= 11 is 0. The van der Waals surface area contributed by atoms with Crippen molar-refractivity contribution in [3.05, 3.63) is 30.1 Å². The lowest BCUT2D eigenvalue weighted by atomic mass is 10.2. The van der Waals surface area contributed by atoms with Crippen LogP contribution >= 0.6 is 0 Å². The number of rotatable bonds is 6. The van der Waals surface area contributed by atoms with Gasteiger partial charge in [0.15, 0.2) is 0 Å². The van der Waals surface area contributed by atoms with E-state index in [1.54, 1.807) is 6.20 Å². The van der Waals surface area contributed by atoms with Crippen LogP contribution in [0.4, 0.5) is 0 Å². The average molecular weight is 264 g/mol. The lowest BCUT2D eigenvalue weighted by Crippen LogP contribution is -2.48. The van der Waals surface area contributed by atoms with Gasteiger partial charge in [-0.15, -0.1) is 0 Å². The monoisotopic (exact) mass is 264 g/mol. The predicted molar refractivity (Wildman–Crippen MR) is 75.6 cm³/mol. The molecule has 0 amide bonds. The SMILES string of the molecule is NCCC(O)CN1CCN(Cc2cccnc2)CC1. The molecule has 1 aromatic rings. The summed E-state index contributed by atoms with van der Waals surface area (Å²) in [6, 6.07) is 4.10. The molecule has 5 heteroatoms. The molecule has 0 bridgehead atoms. The van der Waals surface area contributed by atoms with Gasteiger partial charge in [0, 0.05) is 51.7 Å². The van der Waals surface area contributed by atoms with Gasteiger partial charge in [0.2, 0.25) is 0 Å². The first-order valence-electron chi connectivity index (χ1n) is 6.99. The maximum atomic E-state index is 9.76. The molecule has 1 aliphatic heterocycles. The van der Waals surface area contributed by atoms with Gasteiger partial charge >= 0.3 is 0 Å². The van der Waals surface area contributed by atoms with Gasteiger partial charge in [0.05, 0.1) is 6.10 Å². The Morgan fingerprint density at radius 2 is 2.00 bits per heavy atom. The highest BCUT2D eigenvalue weighted by molar-refractivity contribution is 5.08. The molecule has 2 rings (SSSR count). The highest BCUT2D eigenvalue weighted by Gasteiger charge is 2.18. The van der Waals surface area contributed by atoms with E-state index < -0.39 is 0 Å². The number of aliphatic hydroxyl groups excluding tert-OH is 1. The molecule has 1 saturated heterocycles. The van der Waals surface area contributed by atoms with E-state index in [0.717, 1.165) is 39.3 Å². The van der Waals surface area contributed by atoms with Crippen molar-refractivity contribution < 1.29 is 5.11 Å². The van der Waals surface area contributed by atoms with Crippen molar-refractivity contribution in [3.63, 3.8) is 0 Å². The molecule has 1 unspecified atom stereocenters. The van der Waals surface area contributed by atoms with Gasteiger partial charge in [-0.3, -0.25) is 14.8 Å². The third kappa shape index (κ3) is 4.87. The smallest absolute Gasteiger partial charge is 0.0679 e. The van der Waals surface area contributed by atoms with E-state index in [9.17, 15) is 5.11 Å². The van der Waals surface area contributed by atoms with Crippen molar-refractivity contribution in [3.8, 4) is 0 Å². The Morgan fingerprint density at radius 1 is 1.26 bits per heavy atom. The van der Waals surface area contributed by atoms with Crippen LogP contribution in [0.15, 0.2) is 24.5 Å². The van der Waals surface area contributed by atoms with Gasteiger partial charge in [-0.1, -0.05) is 6.07 Å². The number of nitrogens with zero attached hydrogens (tertiary/aromatic N) is 3. The minimum Gasteiger partial charge on any atom is -0.392 e. The molecule has 0 saturated carbocycles. The molecule has 2 heterocycles. The summed E-state index contributed by atoms with van der Waals surface area (Å²) in [7, 11) is 0. The lowest BCUT2D eigenvalue weighted by Gasteiger charge is -2.35. The summed E-state index contributed by atoms with van der Waals surface area (Å²) in [6.07, 6.45) is 4.14. The van der Waals surface area contributed by atoms with Crippen LogP contribution in [0.25, 0.3) is 0 Å². The van der Waals surface area contributed by atoms with Crippen molar-refractivity contribution in [1.29, 1.82) is 0 Å². The van der Waals surface area contributed by atoms with Crippen molar-refractivity contribution in [1.82, 2.24) is 14.8 Å². The highest BCUT2D eigenvalue weighted by Crippen LogP contribution is 2.08. The van der Waals surface area contributed by atoms with E-state index in [1.165, 1.54) is 5.56 Å². The fourth-order valence-corrected chi connectivity index (χ4v) is 2.46. The van der Waals surface area contributed by atoms with Gasteiger partial charge in [-0.2, -0.15) is 0 Å². The maximum absolute atomic E-state index is 9.76. The van der Waals surface area contributed by atoms with Crippen LogP contribution in [-0.2, 0) is 6.54 Å². The average Bonchev–Trinajstić information content (AvgIpc) is 2.42. The molecule has 5 nitrogen and oxygen atoms in total. The number of aromatic nitrogens is 1. The van der Waals surface area contributed by atoms with Gasteiger partial charge in [-0.05, 0) is 24.6 Å². The quantitative estimate of drug-likeness (QED) is 0.752. The summed E-state index contributed by atoms with van der Waals surface area (Å²) < 4.78 is 0. The Morgan fingerprint density at radius 3 is 2.63 bits per heavy atom. The molecule has 1 aromatic heterocycles. The third-order valence-electron chi connectivity index (χ3n) is 3.56. The minimum atomic E-state index is -0.283. The molecule has 1 fully saturated rings. The Bertz CT molecular complexity index is 352. The second-order valence-electron chi connectivity index (χ2n) is 5.17. The Hall–Kier alpha value is -1.01. The number of aliphatic hydroxyl groups is 1. The van der Waals surface area contributed by atoms with Gasteiger partial charge in [0.1, 0.15) is 0 Å². The van der Waals surface area contributed by atoms with Crippen molar-refractivity contribution >= 4 is 0 Å². The van der Waals surface area contributed by atoms with E-state index in [0.29, 0.717) is 13.0 Å². The Labute approximate surface area is 115 Å². The molecule has 1 aliphatic rings. The molecule has 1 atom stereocenters. The minimum absolute atomic E-state index is 0.283. The van der Waals surface area contributed by atoms with Crippen molar-refractivity contribution in [2.75, 3.05) is 39.3 Å². The second-order valence-corrected chi connectivity index (χ2v) is 5.17. The van der Waals surface area contributed by atoms with E-state index >= 15 is 0 Å². The first-order chi connectivity index (χ1) is 9.28. The number of pyridine rings is 1. The fourth-order valence-electron chi connectivity index (χ4n) is 2.46. The third-order valence-corrected chi connectivity index (χ3v) is 3.56. The molecular formula is C14H24N4O. The summed E-state index contributed by atoms with van der Waals surface area (Å²) in [5, 5.41) is 9.76. The van der Waals surface area contributed by atoms with Crippen molar-refractivity contribution in [2.24, 2.45) is 5.73 Å². The summed E-state index contributed by atoms with van der Waals surface area (Å²) in [5.74, 6) is 0. The van der Waals surface area contributed by atoms with Crippen LogP contribution < -0.4 is 5.73 Å². The summed E-state index contributed by atoms with van der Waals surface area (Å²) in [4.78, 5) is 8.90. The normalized spacial score (nSPS) is 19.5. The van der Waals surface area contributed by atoms with Crippen LogP contribution in [-0.4, -0.2) is 65.3 Å². The number of hydrogen-bond acceptors (Lipinski definition) is 5. The number of piperazine rings is 1. The number of hydrogen-bond donors (Lipinski definition) is 2. The van der Waals surface area contributed by atoms with E-state index in [-0.39, 0.29) is 6.10 Å².